The summed E-state index contributed by atoms with van der Waals surface area (Å²) in [6.07, 6.45) is 6.45. The summed E-state index contributed by atoms with van der Waals surface area (Å²) < 4.78 is 11.7. The summed E-state index contributed by atoms with van der Waals surface area (Å²) in [5.41, 5.74) is 1.65. The first-order valence-electron chi connectivity index (χ1n) is 10.1. The van der Waals surface area contributed by atoms with E-state index in [0.717, 1.165) is 44.3 Å². The van der Waals surface area contributed by atoms with Gasteiger partial charge >= 0.3 is 0 Å². The van der Waals surface area contributed by atoms with Gasteiger partial charge in [0.1, 0.15) is 5.75 Å². The molecule has 3 unspecified atom stereocenters. The van der Waals surface area contributed by atoms with Crippen LogP contribution in [0.4, 0.5) is 0 Å². The quantitative estimate of drug-likeness (QED) is 0.628. The fourth-order valence-electron chi connectivity index (χ4n) is 4.85. The molecule has 142 valence electrons. The lowest BCUT2D eigenvalue weighted by Gasteiger charge is -2.61. The molecule has 1 aromatic carbocycles. The highest BCUT2D eigenvalue weighted by Gasteiger charge is 2.59. The monoisotopic (exact) mass is 357 g/mol. The van der Waals surface area contributed by atoms with E-state index in [4.69, 9.17) is 9.47 Å². The Morgan fingerprint density at radius 3 is 2.92 bits per heavy atom. The van der Waals surface area contributed by atoms with Crippen LogP contribution >= 0.6 is 0 Å². The van der Waals surface area contributed by atoms with Crippen LogP contribution in [-0.4, -0.2) is 44.9 Å². The summed E-state index contributed by atoms with van der Waals surface area (Å²) in [6, 6.07) is 8.87. The van der Waals surface area contributed by atoms with Gasteiger partial charge in [-0.2, -0.15) is 0 Å². The van der Waals surface area contributed by atoms with Crippen LogP contribution < -0.4 is 15.4 Å². The van der Waals surface area contributed by atoms with E-state index in [1.165, 1.54) is 24.8 Å². The molecular formula is C21H31N3O2. The second kappa shape index (κ2) is 7.47. The van der Waals surface area contributed by atoms with E-state index in [1.54, 1.807) is 0 Å². The molecule has 1 aliphatic heterocycles. The van der Waals surface area contributed by atoms with Crippen LogP contribution in [0.2, 0.25) is 0 Å². The van der Waals surface area contributed by atoms with Gasteiger partial charge in [0.05, 0.1) is 12.7 Å². The third kappa shape index (κ3) is 3.07. The van der Waals surface area contributed by atoms with Crippen molar-refractivity contribution >= 4 is 5.96 Å². The molecule has 1 heterocycles. The minimum absolute atomic E-state index is 0.346. The van der Waals surface area contributed by atoms with Gasteiger partial charge in [0.15, 0.2) is 5.96 Å². The van der Waals surface area contributed by atoms with Crippen molar-refractivity contribution in [2.24, 2.45) is 10.4 Å². The molecule has 2 fully saturated rings. The molecule has 0 radical (unpaired) electrons. The Morgan fingerprint density at radius 2 is 2.19 bits per heavy atom. The minimum atomic E-state index is 0.346. The predicted molar refractivity (Wildman–Crippen MR) is 104 cm³/mol. The first kappa shape index (κ1) is 17.7. The zero-order chi connectivity index (χ0) is 18.0. The normalized spacial score (nSPS) is 29.2. The van der Waals surface area contributed by atoms with Gasteiger partial charge in [-0.1, -0.05) is 24.6 Å². The number of guanidine groups is 1. The number of nitrogens with zero attached hydrogens (tertiary/aromatic N) is 1. The lowest BCUT2D eigenvalue weighted by atomic mass is 9.51. The Morgan fingerprint density at radius 1 is 1.35 bits per heavy atom. The average Bonchev–Trinajstić information content (AvgIpc) is 2.62. The van der Waals surface area contributed by atoms with Crippen LogP contribution in [0.5, 0.6) is 5.75 Å². The number of nitrogens with one attached hydrogen (secondary N) is 2. The number of fused-ring (bicyclic) bond motifs is 1. The van der Waals surface area contributed by atoms with Gasteiger partial charge in [0, 0.05) is 37.6 Å². The van der Waals surface area contributed by atoms with E-state index in [1.807, 2.05) is 13.1 Å². The van der Waals surface area contributed by atoms with Gasteiger partial charge in [-0.15, -0.1) is 0 Å². The fraction of sp³-hybridized carbons (Fsp3) is 0.667. The summed E-state index contributed by atoms with van der Waals surface area (Å²) in [6.45, 7) is 4.58. The van der Waals surface area contributed by atoms with E-state index in [0.29, 0.717) is 23.5 Å². The van der Waals surface area contributed by atoms with Crippen LogP contribution in [0.1, 0.15) is 50.5 Å². The van der Waals surface area contributed by atoms with Crippen molar-refractivity contribution in [3.8, 4) is 5.75 Å². The van der Waals surface area contributed by atoms with Gasteiger partial charge in [-0.05, 0) is 44.2 Å². The number of benzene rings is 1. The second-order valence-corrected chi connectivity index (χ2v) is 7.79. The molecule has 0 amide bonds. The van der Waals surface area contributed by atoms with Gasteiger partial charge in [0.2, 0.25) is 0 Å². The first-order chi connectivity index (χ1) is 12.8. The van der Waals surface area contributed by atoms with E-state index < -0.39 is 0 Å². The Hall–Kier alpha value is -1.75. The third-order valence-electron chi connectivity index (χ3n) is 6.57. The van der Waals surface area contributed by atoms with Crippen molar-refractivity contribution in [2.75, 3.05) is 26.8 Å². The Kier molecular flexibility index (Phi) is 5.07. The van der Waals surface area contributed by atoms with Crippen LogP contribution in [0.15, 0.2) is 29.3 Å². The summed E-state index contributed by atoms with van der Waals surface area (Å²) in [4.78, 5) is 4.47. The van der Waals surface area contributed by atoms with Gasteiger partial charge in [-0.25, -0.2) is 0 Å². The number of hydrogen-bond donors (Lipinski definition) is 2. The summed E-state index contributed by atoms with van der Waals surface area (Å²) in [7, 11) is 1.86. The molecule has 4 rings (SSSR count). The molecule has 0 saturated heterocycles. The largest absolute Gasteiger partial charge is 0.493 e. The van der Waals surface area contributed by atoms with Crippen molar-refractivity contribution in [3.63, 3.8) is 0 Å². The van der Waals surface area contributed by atoms with Gasteiger partial charge in [0.25, 0.3) is 0 Å². The molecule has 1 aromatic rings. The highest BCUT2D eigenvalue weighted by molar-refractivity contribution is 5.80. The van der Waals surface area contributed by atoms with E-state index in [9.17, 15) is 0 Å². The SMILES string of the molecule is CCOC1CC(NC(=NC)NCC2CCOc3ccccc32)C12CCC2. The predicted octanol–water partition coefficient (Wildman–Crippen LogP) is 3.07. The molecule has 0 bridgehead atoms. The molecule has 3 atom stereocenters. The Labute approximate surface area is 156 Å². The number of para-hydroxylation sites is 1. The Bertz CT molecular complexity index is 656. The maximum Gasteiger partial charge on any atom is 0.191 e. The standard InChI is InChI=1S/C21H31N3O2/c1-3-25-19-13-18(21(19)10-6-11-21)24-20(22-2)23-14-15-9-12-26-17-8-5-4-7-16(15)17/h4-5,7-8,15,18-19H,3,6,9-14H2,1-2H3,(H2,22,23,24). The number of rotatable bonds is 5. The van der Waals surface area contributed by atoms with Gasteiger partial charge in [-0.3, -0.25) is 4.99 Å². The Balaban J connectivity index is 1.34. The van der Waals surface area contributed by atoms with Crippen LogP contribution in [0.25, 0.3) is 0 Å². The van der Waals surface area contributed by atoms with Crippen molar-refractivity contribution in [1.29, 1.82) is 0 Å². The number of ether oxygens (including phenoxy) is 2. The molecule has 5 heteroatoms. The summed E-state index contributed by atoms with van der Waals surface area (Å²) in [5, 5.41) is 7.23. The lowest BCUT2D eigenvalue weighted by molar-refractivity contribution is -0.168. The third-order valence-corrected chi connectivity index (χ3v) is 6.57. The lowest BCUT2D eigenvalue weighted by Crippen LogP contribution is -2.68. The van der Waals surface area contributed by atoms with Gasteiger partial charge < -0.3 is 20.1 Å². The van der Waals surface area contributed by atoms with Crippen molar-refractivity contribution in [2.45, 2.75) is 57.1 Å². The zero-order valence-electron chi connectivity index (χ0n) is 16.0. The topological polar surface area (TPSA) is 54.9 Å². The highest BCUT2D eigenvalue weighted by Crippen LogP contribution is 2.57. The molecular weight excluding hydrogens is 326 g/mol. The first-order valence-corrected chi connectivity index (χ1v) is 10.1. The maximum absolute atomic E-state index is 5.96. The maximum atomic E-state index is 5.96. The van der Waals surface area contributed by atoms with Crippen molar-refractivity contribution in [1.82, 2.24) is 10.6 Å². The molecule has 3 aliphatic rings. The second-order valence-electron chi connectivity index (χ2n) is 7.79. The van der Waals surface area contributed by atoms with E-state index in [-0.39, 0.29) is 0 Å². The van der Waals surface area contributed by atoms with Crippen molar-refractivity contribution in [3.05, 3.63) is 29.8 Å². The minimum Gasteiger partial charge on any atom is -0.493 e. The molecule has 2 saturated carbocycles. The van der Waals surface area contributed by atoms with Crippen LogP contribution in [0.3, 0.4) is 0 Å². The molecule has 1 spiro atoms. The fourth-order valence-corrected chi connectivity index (χ4v) is 4.85. The summed E-state index contributed by atoms with van der Waals surface area (Å²) in [5.74, 6) is 2.41. The van der Waals surface area contributed by atoms with Crippen molar-refractivity contribution < 1.29 is 9.47 Å². The highest BCUT2D eigenvalue weighted by atomic mass is 16.5. The van der Waals surface area contributed by atoms with E-state index in [2.05, 4.69) is 40.7 Å². The molecule has 5 nitrogen and oxygen atoms in total. The molecule has 2 aliphatic carbocycles. The smallest absolute Gasteiger partial charge is 0.191 e. The molecule has 2 N–H and O–H groups in total. The average molecular weight is 357 g/mol. The zero-order valence-corrected chi connectivity index (χ0v) is 16.0. The number of hydrogen-bond acceptors (Lipinski definition) is 3. The molecule has 26 heavy (non-hydrogen) atoms. The van der Waals surface area contributed by atoms with Crippen LogP contribution in [0, 0.1) is 5.41 Å². The number of aliphatic imine (C=N–C) groups is 1. The molecule has 0 aromatic heterocycles. The summed E-state index contributed by atoms with van der Waals surface area (Å²) >= 11 is 0. The van der Waals surface area contributed by atoms with E-state index >= 15 is 0 Å². The van der Waals surface area contributed by atoms with Crippen LogP contribution in [-0.2, 0) is 4.74 Å².